The second-order valence-electron chi connectivity index (χ2n) is 7.05. The molecule has 1 aromatic carbocycles. The van der Waals surface area contributed by atoms with Gasteiger partial charge in [0.1, 0.15) is 11.2 Å². The van der Waals surface area contributed by atoms with E-state index in [9.17, 15) is 9.90 Å². The number of benzene rings is 1. The molecule has 1 amide bonds. The summed E-state index contributed by atoms with van der Waals surface area (Å²) in [6.45, 7) is 8.82. The fourth-order valence-electron chi connectivity index (χ4n) is 2.51. The molecule has 0 spiro atoms. The number of carbonyl (C=O) groups excluding carboxylic acids is 1. The van der Waals surface area contributed by atoms with E-state index >= 15 is 0 Å². The molecular formula is C17H26N4O3. The number of carbonyl (C=O) groups is 1. The highest BCUT2D eigenvalue weighted by molar-refractivity contribution is 5.68. The smallest absolute Gasteiger partial charge is 0.407 e. The lowest BCUT2D eigenvalue weighted by atomic mass is 9.80. The lowest BCUT2D eigenvalue weighted by Gasteiger charge is -2.38. The lowest BCUT2D eigenvalue weighted by molar-refractivity contribution is -0.0185. The van der Waals surface area contributed by atoms with Crippen LogP contribution in [0.4, 0.5) is 4.79 Å². The maximum atomic E-state index is 12.2. The van der Waals surface area contributed by atoms with Crippen LogP contribution in [0.3, 0.4) is 0 Å². The molecule has 0 saturated heterocycles. The molecule has 0 aliphatic rings. The van der Waals surface area contributed by atoms with Gasteiger partial charge in [-0.25, -0.2) is 4.79 Å². The summed E-state index contributed by atoms with van der Waals surface area (Å²) in [4.78, 5) is 14.9. The third-order valence-corrected chi connectivity index (χ3v) is 3.50. The Morgan fingerprint density at radius 2 is 1.92 bits per heavy atom. The highest BCUT2D eigenvalue weighted by Crippen LogP contribution is 2.30. The summed E-state index contributed by atoms with van der Waals surface area (Å²) in [6.07, 6.45) is -0.628. The quantitative estimate of drug-likeness (QED) is 0.470. The van der Waals surface area contributed by atoms with E-state index in [4.69, 9.17) is 10.3 Å². The number of rotatable bonds is 6. The summed E-state index contributed by atoms with van der Waals surface area (Å²) >= 11 is 0. The maximum Gasteiger partial charge on any atom is 0.407 e. The van der Waals surface area contributed by atoms with Crippen LogP contribution in [0, 0.1) is 5.92 Å². The summed E-state index contributed by atoms with van der Waals surface area (Å²) in [6, 6.07) is 8.16. The molecule has 2 N–H and O–H groups in total. The molecular weight excluding hydrogens is 308 g/mol. The molecule has 2 atom stereocenters. The average molecular weight is 334 g/mol. The first-order valence-corrected chi connectivity index (χ1v) is 7.88. The molecule has 0 bridgehead atoms. The highest BCUT2D eigenvalue weighted by Gasteiger charge is 2.41. The van der Waals surface area contributed by atoms with Crippen molar-refractivity contribution in [3.8, 4) is 0 Å². The van der Waals surface area contributed by atoms with Crippen molar-refractivity contribution in [2.24, 2.45) is 11.0 Å². The third-order valence-electron chi connectivity index (χ3n) is 3.50. The minimum absolute atomic E-state index is 0.128. The van der Waals surface area contributed by atoms with E-state index in [1.54, 1.807) is 45.0 Å². The van der Waals surface area contributed by atoms with Gasteiger partial charge < -0.3 is 15.2 Å². The predicted molar refractivity (Wildman–Crippen MR) is 92.3 cm³/mol. The van der Waals surface area contributed by atoms with Gasteiger partial charge in [-0.3, -0.25) is 0 Å². The minimum Gasteiger partial charge on any atom is -0.444 e. The second-order valence-corrected chi connectivity index (χ2v) is 7.05. The van der Waals surface area contributed by atoms with Crippen molar-refractivity contribution in [2.45, 2.75) is 51.9 Å². The van der Waals surface area contributed by atoms with Gasteiger partial charge in [0.25, 0.3) is 0 Å². The summed E-state index contributed by atoms with van der Waals surface area (Å²) in [7, 11) is 0. The van der Waals surface area contributed by atoms with Crippen molar-refractivity contribution in [1.29, 1.82) is 0 Å². The highest BCUT2D eigenvalue weighted by atomic mass is 16.6. The standard InChI is InChI=1S/C17H26N4O3/c1-12(2)14(20-15(22)24-16(3,4)5)17(23,11-19-21-18)13-9-7-6-8-10-13/h6-10,12,14,23H,11H2,1-5H3,(H,20,22)/t14-,17+/m1/s1. The largest absolute Gasteiger partial charge is 0.444 e. The van der Waals surface area contributed by atoms with Crippen molar-refractivity contribution < 1.29 is 14.6 Å². The Morgan fingerprint density at radius 3 is 2.38 bits per heavy atom. The molecule has 0 aromatic heterocycles. The van der Waals surface area contributed by atoms with Crippen LogP contribution in [0.25, 0.3) is 10.4 Å². The fraction of sp³-hybridized carbons (Fsp3) is 0.588. The molecule has 7 heteroatoms. The minimum atomic E-state index is -1.54. The van der Waals surface area contributed by atoms with E-state index < -0.39 is 23.3 Å². The Hall–Kier alpha value is -2.24. The van der Waals surface area contributed by atoms with Gasteiger partial charge in [0, 0.05) is 4.91 Å². The third kappa shape index (κ3) is 5.44. The lowest BCUT2D eigenvalue weighted by Crippen LogP contribution is -2.56. The van der Waals surface area contributed by atoms with E-state index in [0.717, 1.165) is 0 Å². The van der Waals surface area contributed by atoms with E-state index in [1.807, 2.05) is 19.9 Å². The summed E-state index contributed by atoms with van der Waals surface area (Å²) in [5.74, 6) is -0.128. The Labute approximate surface area is 142 Å². The molecule has 0 radical (unpaired) electrons. The van der Waals surface area contributed by atoms with E-state index in [0.29, 0.717) is 5.56 Å². The molecule has 1 rings (SSSR count). The zero-order valence-electron chi connectivity index (χ0n) is 14.9. The summed E-state index contributed by atoms with van der Waals surface area (Å²) in [5.41, 5.74) is 7.03. The van der Waals surface area contributed by atoms with Crippen LogP contribution >= 0.6 is 0 Å². The predicted octanol–water partition coefficient (Wildman–Crippen LogP) is 3.73. The van der Waals surface area contributed by atoms with Gasteiger partial charge >= 0.3 is 6.09 Å². The first-order valence-electron chi connectivity index (χ1n) is 7.88. The Balaban J connectivity index is 3.19. The molecule has 0 aliphatic carbocycles. The number of hydrogen-bond acceptors (Lipinski definition) is 4. The Bertz CT molecular complexity index is 592. The molecule has 7 nitrogen and oxygen atoms in total. The fourth-order valence-corrected chi connectivity index (χ4v) is 2.51. The maximum absolute atomic E-state index is 12.2. The van der Waals surface area contributed by atoms with Crippen molar-refractivity contribution in [1.82, 2.24) is 5.32 Å². The Morgan fingerprint density at radius 1 is 1.33 bits per heavy atom. The Kier molecular flexibility index (Phi) is 6.63. The van der Waals surface area contributed by atoms with Gasteiger partial charge in [-0.1, -0.05) is 49.3 Å². The average Bonchev–Trinajstić information content (AvgIpc) is 2.49. The number of nitrogens with zero attached hydrogens (tertiary/aromatic N) is 3. The summed E-state index contributed by atoms with van der Waals surface area (Å²) < 4.78 is 5.29. The van der Waals surface area contributed by atoms with Crippen molar-refractivity contribution >= 4 is 6.09 Å². The topological polar surface area (TPSA) is 107 Å². The number of alkyl carbamates (subject to hydrolysis) is 1. The van der Waals surface area contributed by atoms with Crippen LogP contribution in [-0.2, 0) is 10.3 Å². The molecule has 0 saturated carbocycles. The molecule has 0 aliphatic heterocycles. The first kappa shape index (κ1) is 19.8. The van der Waals surface area contributed by atoms with Gasteiger partial charge in [-0.15, -0.1) is 0 Å². The molecule has 0 fully saturated rings. The SMILES string of the molecule is CC(C)[C@@H](NC(=O)OC(C)(C)C)[C@](O)(CN=[N+]=[N-])c1ccccc1. The van der Waals surface area contributed by atoms with Crippen LogP contribution in [0.15, 0.2) is 35.4 Å². The zero-order valence-corrected chi connectivity index (χ0v) is 14.9. The zero-order chi connectivity index (χ0) is 18.4. The van der Waals surface area contributed by atoms with Gasteiger partial charge in [0.15, 0.2) is 0 Å². The van der Waals surface area contributed by atoms with Gasteiger partial charge in [0.2, 0.25) is 0 Å². The number of nitrogens with one attached hydrogen (secondary N) is 1. The molecule has 1 aromatic rings. The monoisotopic (exact) mass is 334 g/mol. The van der Waals surface area contributed by atoms with Gasteiger partial charge in [-0.05, 0) is 37.8 Å². The molecule has 0 heterocycles. The van der Waals surface area contributed by atoms with E-state index in [1.165, 1.54) is 0 Å². The molecule has 24 heavy (non-hydrogen) atoms. The van der Waals surface area contributed by atoms with Gasteiger partial charge in [-0.2, -0.15) is 0 Å². The van der Waals surface area contributed by atoms with Crippen molar-refractivity contribution in [2.75, 3.05) is 6.54 Å². The normalized spacial score (nSPS) is 15.1. The van der Waals surface area contributed by atoms with Gasteiger partial charge in [0.05, 0.1) is 12.6 Å². The van der Waals surface area contributed by atoms with Crippen LogP contribution in [0.5, 0.6) is 0 Å². The number of aliphatic hydroxyl groups is 1. The van der Waals surface area contributed by atoms with Crippen LogP contribution < -0.4 is 5.32 Å². The van der Waals surface area contributed by atoms with Crippen LogP contribution in [-0.4, -0.2) is 29.4 Å². The van der Waals surface area contributed by atoms with Crippen molar-refractivity contribution in [3.63, 3.8) is 0 Å². The van der Waals surface area contributed by atoms with Crippen LogP contribution in [0.1, 0.15) is 40.2 Å². The van der Waals surface area contributed by atoms with Crippen molar-refractivity contribution in [3.05, 3.63) is 46.3 Å². The van der Waals surface area contributed by atoms with E-state index in [-0.39, 0.29) is 12.5 Å². The first-order chi connectivity index (χ1) is 11.1. The number of azide groups is 1. The van der Waals surface area contributed by atoms with E-state index in [2.05, 4.69) is 15.3 Å². The molecule has 0 unspecified atom stereocenters. The number of hydrogen-bond donors (Lipinski definition) is 2. The summed E-state index contributed by atoms with van der Waals surface area (Å²) in [5, 5.41) is 17.5. The number of ether oxygens (including phenoxy) is 1. The number of amides is 1. The van der Waals surface area contributed by atoms with Crippen LogP contribution in [0.2, 0.25) is 0 Å². The molecule has 132 valence electrons. The second kappa shape index (κ2) is 8.04.